The average molecular weight is 399 g/mol. The van der Waals surface area contributed by atoms with Crippen LogP contribution < -0.4 is 10.9 Å². The van der Waals surface area contributed by atoms with Gasteiger partial charge < -0.3 is 5.32 Å². The summed E-state index contributed by atoms with van der Waals surface area (Å²) >= 11 is 0. The average Bonchev–Trinajstić information content (AvgIpc) is 3.50. The lowest BCUT2D eigenvalue weighted by Crippen LogP contribution is -2.31. The van der Waals surface area contributed by atoms with E-state index in [-0.39, 0.29) is 18.0 Å². The van der Waals surface area contributed by atoms with Crippen molar-refractivity contribution in [3.05, 3.63) is 82.4 Å². The summed E-state index contributed by atoms with van der Waals surface area (Å²) < 4.78 is 2.90. The molecule has 0 bridgehead atoms. The summed E-state index contributed by atoms with van der Waals surface area (Å²) in [6.45, 7) is 1.84. The molecule has 150 valence electrons. The van der Waals surface area contributed by atoms with Crippen LogP contribution in [0.5, 0.6) is 0 Å². The number of carbonyl (C=O) groups is 1. The van der Waals surface area contributed by atoms with Gasteiger partial charge in [0.15, 0.2) is 0 Å². The quantitative estimate of drug-likeness (QED) is 0.558. The predicted octanol–water partition coefficient (Wildman–Crippen LogP) is 3.41. The molecule has 1 saturated carbocycles. The molecule has 30 heavy (non-hydrogen) atoms. The molecule has 1 N–H and O–H groups in total. The minimum atomic E-state index is -0.324. The second kappa shape index (κ2) is 7.26. The van der Waals surface area contributed by atoms with Crippen molar-refractivity contribution in [1.82, 2.24) is 19.6 Å². The second-order valence-corrected chi connectivity index (χ2v) is 7.69. The third kappa shape index (κ3) is 3.39. The highest BCUT2D eigenvalue weighted by Gasteiger charge is 2.30. The third-order valence-corrected chi connectivity index (χ3v) is 5.30. The fourth-order valence-corrected chi connectivity index (χ4v) is 3.60. The summed E-state index contributed by atoms with van der Waals surface area (Å²) in [6, 6.07) is 17.1. The Kier molecular flexibility index (Phi) is 4.43. The number of hydrogen-bond donors (Lipinski definition) is 1. The van der Waals surface area contributed by atoms with E-state index in [0.29, 0.717) is 17.1 Å². The number of para-hydroxylation sites is 1. The van der Waals surface area contributed by atoms with Crippen LogP contribution in [0.1, 0.15) is 30.0 Å². The molecule has 0 aliphatic heterocycles. The number of benzene rings is 2. The van der Waals surface area contributed by atoms with Crippen LogP contribution in [0, 0.1) is 6.92 Å². The number of rotatable bonds is 5. The Morgan fingerprint density at radius 3 is 2.53 bits per heavy atom. The van der Waals surface area contributed by atoms with E-state index < -0.39 is 0 Å². The topological polar surface area (TPSA) is 81.8 Å². The summed E-state index contributed by atoms with van der Waals surface area (Å²) in [4.78, 5) is 25.9. The molecule has 7 heteroatoms. The van der Waals surface area contributed by atoms with Gasteiger partial charge in [-0.2, -0.15) is 10.2 Å². The van der Waals surface area contributed by atoms with Gasteiger partial charge in [-0.3, -0.25) is 9.59 Å². The van der Waals surface area contributed by atoms with Gasteiger partial charge in [-0.15, -0.1) is 0 Å². The van der Waals surface area contributed by atoms with E-state index in [1.165, 1.54) is 4.68 Å². The molecule has 1 aliphatic rings. The molecule has 0 unspecified atom stereocenters. The van der Waals surface area contributed by atoms with Crippen LogP contribution in [0.3, 0.4) is 0 Å². The zero-order valence-corrected chi connectivity index (χ0v) is 16.6. The largest absolute Gasteiger partial charge is 0.324 e. The normalized spacial score (nSPS) is 13.5. The Bertz CT molecular complexity index is 1290. The summed E-state index contributed by atoms with van der Waals surface area (Å²) in [6.07, 6.45) is 3.78. The van der Waals surface area contributed by atoms with Gasteiger partial charge in [0, 0.05) is 17.0 Å². The van der Waals surface area contributed by atoms with Crippen molar-refractivity contribution in [3.8, 4) is 5.69 Å². The molecule has 2 aromatic heterocycles. The zero-order valence-electron chi connectivity index (χ0n) is 16.6. The van der Waals surface area contributed by atoms with Gasteiger partial charge in [-0.1, -0.05) is 35.9 Å². The van der Waals surface area contributed by atoms with E-state index in [4.69, 9.17) is 0 Å². The Balaban J connectivity index is 1.55. The molecule has 1 aliphatic carbocycles. The molecule has 4 aromatic rings. The van der Waals surface area contributed by atoms with E-state index in [1.807, 2.05) is 61.5 Å². The molecule has 7 nitrogen and oxygen atoms in total. The van der Waals surface area contributed by atoms with Crippen molar-refractivity contribution in [2.24, 2.45) is 0 Å². The minimum Gasteiger partial charge on any atom is -0.324 e. The van der Waals surface area contributed by atoms with Gasteiger partial charge in [-0.05, 0) is 44.0 Å². The number of anilines is 1. The molecule has 1 amide bonds. The van der Waals surface area contributed by atoms with E-state index in [1.54, 1.807) is 10.9 Å². The highest BCUT2D eigenvalue weighted by atomic mass is 16.2. The van der Waals surface area contributed by atoms with Crippen molar-refractivity contribution in [2.45, 2.75) is 32.2 Å². The molecule has 2 aromatic carbocycles. The van der Waals surface area contributed by atoms with E-state index in [0.717, 1.165) is 35.2 Å². The van der Waals surface area contributed by atoms with Crippen LogP contribution in [0.4, 0.5) is 5.69 Å². The predicted molar refractivity (Wildman–Crippen MR) is 115 cm³/mol. The lowest BCUT2D eigenvalue weighted by Gasteiger charge is -2.10. The zero-order chi connectivity index (χ0) is 20.7. The van der Waals surface area contributed by atoms with Gasteiger partial charge in [0.05, 0.1) is 17.6 Å². The Hall–Kier alpha value is -3.74. The number of nitrogens with zero attached hydrogens (tertiary/aromatic N) is 4. The van der Waals surface area contributed by atoms with Crippen LogP contribution >= 0.6 is 0 Å². The summed E-state index contributed by atoms with van der Waals surface area (Å²) in [7, 11) is 0. The number of hydrogen-bond acceptors (Lipinski definition) is 4. The molecule has 1 fully saturated rings. The van der Waals surface area contributed by atoms with Gasteiger partial charge in [0.2, 0.25) is 5.91 Å². The van der Waals surface area contributed by atoms with Crippen LogP contribution in [-0.4, -0.2) is 25.5 Å². The van der Waals surface area contributed by atoms with E-state index >= 15 is 0 Å². The van der Waals surface area contributed by atoms with Crippen LogP contribution in [0.15, 0.2) is 65.6 Å². The minimum absolute atomic E-state index is 0.150. The molecule has 5 rings (SSSR count). The maximum Gasteiger partial charge on any atom is 0.293 e. The maximum absolute atomic E-state index is 13.3. The van der Waals surface area contributed by atoms with Crippen molar-refractivity contribution >= 4 is 22.5 Å². The first-order valence-corrected chi connectivity index (χ1v) is 10.0. The van der Waals surface area contributed by atoms with Crippen molar-refractivity contribution in [1.29, 1.82) is 0 Å². The molecule has 2 heterocycles. The van der Waals surface area contributed by atoms with Crippen molar-refractivity contribution in [3.63, 3.8) is 0 Å². The molecular weight excluding hydrogens is 378 g/mol. The smallest absolute Gasteiger partial charge is 0.293 e. The second-order valence-electron chi connectivity index (χ2n) is 7.69. The summed E-state index contributed by atoms with van der Waals surface area (Å²) in [5.74, 6) is 0.0215. The Labute approximate surface area is 173 Å². The molecule has 0 radical (unpaired) electrons. The number of fused-ring (bicyclic) bond motifs is 1. The van der Waals surface area contributed by atoms with Crippen LogP contribution in [0.2, 0.25) is 0 Å². The third-order valence-electron chi connectivity index (χ3n) is 5.30. The first-order chi connectivity index (χ1) is 14.6. The number of aryl methyl sites for hydroxylation is 1. The number of carbonyl (C=O) groups excluding carboxylic acids is 1. The fourth-order valence-electron chi connectivity index (χ4n) is 3.60. The standard InChI is InChI=1S/C23H21N5O2/c1-15-7-11-17(12-8-15)25-20(29)14-27-23(30)22-19(21(26-27)16-9-10-16)13-24-28(22)18-5-3-2-4-6-18/h2-8,11-13,16H,9-10,14H2,1H3,(H,25,29). The maximum atomic E-state index is 13.3. The molecular formula is C23H21N5O2. The molecule has 0 spiro atoms. The number of amides is 1. The van der Waals surface area contributed by atoms with Crippen molar-refractivity contribution in [2.75, 3.05) is 5.32 Å². The number of aromatic nitrogens is 4. The van der Waals surface area contributed by atoms with E-state index in [9.17, 15) is 9.59 Å². The first kappa shape index (κ1) is 18.3. The van der Waals surface area contributed by atoms with Crippen LogP contribution in [0.25, 0.3) is 16.6 Å². The van der Waals surface area contributed by atoms with Crippen LogP contribution in [-0.2, 0) is 11.3 Å². The monoisotopic (exact) mass is 399 g/mol. The lowest BCUT2D eigenvalue weighted by atomic mass is 10.2. The Morgan fingerprint density at radius 2 is 1.83 bits per heavy atom. The summed E-state index contributed by atoms with van der Waals surface area (Å²) in [5.41, 5.74) is 3.58. The van der Waals surface area contributed by atoms with Crippen molar-refractivity contribution < 1.29 is 4.79 Å². The molecule has 0 saturated heterocycles. The first-order valence-electron chi connectivity index (χ1n) is 10.0. The highest BCUT2D eigenvalue weighted by Crippen LogP contribution is 2.41. The lowest BCUT2D eigenvalue weighted by molar-refractivity contribution is -0.117. The Morgan fingerprint density at radius 1 is 1.10 bits per heavy atom. The van der Waals surface area contributed by atoms with E-state index in [2.05, 4.69) is 15.5 Å². The number of nitrogens with one attached hydrogen (secondary N) is 1. The van der Waals surface area contributed by atoms with Gasteiger partial charge in [0.25, 0.3) is 5.56 Å². The van der Waals surface area contributed by atoms with Gasteiger partial charge in [-0.25, -0.2) is 9.36 Å². The van der Waals surface area contributed by atoms with Gasteiger partial charge in [0.1, 0.15) is 12.1 Å². The highest BCUT2D eigenvalue weighted by molar-refractivity contribution is 5.90. The SMILES string of the molecule is Cc1ccc(NC(=O)Cn2nc(C3CC3)c3cnn(-c4ccccc4)c3c2=O)cc1. The van der Waals surface area contributed by atoms with Gasteiger partial charge >= 0.3 is 0 Å². The summed E-state index contributed by atoms with van der Waals surface area (Å²) in [5, 5.41) is 12.6. The fraction of sp³-hybridized carbons (Fsp3) is 0.217. The molecule has 0 atom stereocenters.